The number of halogens is 1. The molecular weight excluding hydrogens is 445 g/mol. The second kappa shape index (κ2) is 9.79. The second-order valence-corrected chi connectivity index (χ2v) is 9.25. The lowest BCUT2D eigenvalue weighted by molar-refractivity contribution is -0.115. The van der Waals surface area contributed by atoms with Gasteiger partial charge >= 0.3 is 5.97 Å². The van der Waals surface area contributed by atoms with Gasteiger partial charge < -0.3 is 4.74 Å². The molecule has 2 aromatic rings. The first kappa shape index (κ1) is 22.4. The average molecular weight is 468 g/mol. The van der Waals surface area contributed by atoms with Crippen LogP contribution in [0.2, 0.25) is 0 Å². The predicted molar refractivity (Wildman–Crippen MR) is 130 cm³/mol. The zero-order valence-corrected chi connectivity index (χ0v) is 19.2. The maximum atomic E-state index is 13.3. The molecule has 1 unspecified atom stereocenters. The molecule has 1 atom stereocenters. The molecule has 0 radical (unpaired) electrons. The topological polar surface area (TPSA) is 46.6 Å². The molecule has 4 nitrogen and oxygen atoms in total. The van der Waals surface area contributed by atoms with E-state index in [-0.39, 0.29) is 23.7 Å². The van der Waals surface area contributed by atoms with Crippen molar-refractivity contribution in [2.45, 2.75) is 25.1 Å². The minimum Gasteiger partial charge on any atom is -0.462 e. The molecular formula is C25H22FNO3S2. The van der Waals surface area contributed by atoms with E-state index in [9.17, 15) is 14.0 Å². The third-order valence-corrected chi connectivity index (χ3v) is 6.83. The number of esters is 1. The van der Waals surface area contributed by atoms with Crippen LogP contribution in [0.25, 0.3) is 0 Å². The summed E-state index contributed by atoms with van der Waals surface area (Å²) in [6, 6.07) is 11.4. The maximum absolute atomic E-state index is 13.3. The summed E-state index contributed by atoms with van der Waals surface area (Å²) in [5.74, 6) is -0.389. The first-order valence-corrected chi connectivity index (χ1v) is 11.7. The van der Waals surface area contributed by atoms with Crippen LogP contribution in [0, 0.1) is 12.7 Å². The molecule has 2 aliphatic rings. The molecule has 0 spiro atoms. The molecule has 0 aromatic heterocycles. The monoisotopic (exact) mass is 467 g/mol. The molecule has 1 amide bonds. The molecule has 0 N–H and O–H groups in total. The van der Waals surface area contributed by atoms with Gasteiger partial charge in [-0.25, -0.2) is 9.18 Å². The average Bonchev–Trinajstić information content (AvgIpc) is 3.15. The number of benzene rings is 2. The number of thiocarbonyl (C=S) groups is 1. The van der Waals surface area contributed by atoms with Gasteiger partial charge in [0.1, 0.15) is 11.2 Å². The summed E-state index contributed by atoms with van der Waals surface area (Å²) in [7, 11) is 0. The van der Waals surface area contributed by atoms with Gasteiger partial charge in [0.05, 0.1) is 17.9 Å². The molecule has 1 aliphatic carbocycles. The Morgan fingerprint density at radius 2 is 2.03 bits per heavy atom. The Labute approximate surface area is 196 Å². The van der Waals surface area contributed by atoms with Crippen LogP contribution in [0.4, 0.5) is 10.1 Å². The van der Waals surface area contributed by atoms with E-state index in [1.807, 2.05) is 25.2 Å². The van der Waals surface area contributed by atoms with Crippen molar-refractivity contribution >= 4 is 46.4 Å². The number of allylic oxidation sites excluding steroid dienone is 3. The van der Waals surface area contributed by atoms with Crippen molar-refractivity contribution < 1.29 is 18.7 Å². The van der Waals surface area contributed by atoms with Gasteiger partial charge in [-0.3, -0.25) is 9.69 Å². The van der Waals surface area contributed by atoms with Crippen LogP contribution in [0.3, 0.4) is 0 Å². The Bertz CT molecular complexity index is 1120. The third kappa shape index (κ3) is 5.00. The number of thioether (sulfide) groups is 1. The number of nitrogens with zero attached hydrogens (tertiary/aromatic N) is 1. The highest BCUT2D eigenvalue weighted by molar-refractivity contribution is 8.00. The van der Waals surface area contributed by atoms with Gasteiger partial charge in [-0.1, -0.05) is 36.5 Å². The van der Waals surface area contributed by atoms with Crippen LogP contribution in [0.15, 0.2) is 66.3 Å². The minimum absolute atomic E-state index is 0.0190. The van der Waals surface area contributed by atoms with E-state index in [1.165, 1.54) is 23.9 Å². The summed E-state index contributed by atoms with van der Waals surface area (Å²) >= 11 is 6.70. The minimum atomic E-state index is -0.403. The summed E-state index contributed by atoms with van der Waals surface area (Å²) in [4.78, 5) is 27.7. The lowest BCUT2D eigenvalue weighted by Gasteiger charge is -2.26. The fourth-order valence-corrected chi connectivity index (χ4v) is 5.17. The quantitative estimate of drug-likeness (QED) is 0.402. The van der Waals surface area contributed by atoms with Gasteiger partial charge in [0.15, 0.2) is 0 Å². The van der Waals surface area contributed by atoms with Crippen molar-refractivity contribution in [3.8, 4) is 0 Å². The van der Waals surface area contributed by atoms with Gasteiger partial charge in [-0.2, -0.15) is 0 Å². The predicted octanol–water partition coefficient (Wildman–Crippen LogP) is 5.72. The summed E-state index contributed by atoms with van der Waals surface area (Å²) in [6.07, 6.45) is 7.36. The molecule has 2 aromatic carbocycles. The molecule has 0 saturated carbocycles. The zero-order chi connectivity index (χ0) is 22.7. The van der Waals surface area contributed by atoms with E-state index < -0.39 is 5.97 Å². The van der Waals surface area contributed by atoms with Crippen LogP contribution in [0.5, 0.6) is 0 Å². The number of carbonyl (C=O) groups excluding carboxylic acids is 2. The summed E-state index contributed by atoms with van der Waals surface area (Å²) < 4.78 is 18.8. The number of ether oxygens (including phenoxy) is 1. The van der Waals surface area contributed by atoms with Crippen molar-refractivity contribution in [2.24, 2.45) is 0 Å². The van der Waals surface area contributed by atoms with Gasteiger partial charge in [-0.05, 0) is 60.0 Å². The molecule has 1 saturated heterocycles. The second-order valence-electron chi connectivity index (χ2n) is 7.66. The Morgan fingerprint density at radius 3 is 2.75 bits per heavy atom. The van der Waals surface area contributed by atoms with Crippen molar-refractivity contribution in [2.75, 3.05) is 17.3 Å². The fraction of sp³-hybridized carbons (Fsp3) is 0.240. The summed E-state index contributed by atoms with van der Waals surface area (Å²) in [5, 5.41) is -0.234. The summed E-state index contributed by atoms with van der Waals surface area (Å²) in [6.45, 7) is 2.13. The van der Waals surface area contributed by atoms with Crippen LogP contribution in [-0.4, -0.2) is 29.1 Å². The van der Waals surface area contributed by atoms with Crippen molar-refractivity contribution in [3.05, 3.63) is 88.8 Å². The largest absolute Gasteiger partial charge is 0.462 e. The van der Waals surface area contributed by atoms with Gasteiger partial charge in [-0.15, -0.1) is 11.8 Å². The van der Waals surface area contributed by atoms with Crippen LogP contribution in [0.1, 0.15) is 39.7 Å². The van der Waals surface area contributed by atoms with Crippen molar-refractivity contribution in [1.82, 2.24) is 0 Å². The highest BCUT2D eigenvalue weighted by Crippen LogP contribution is 2.42. The molecule has 164 valence electrons. The first-order valence-electron chi connectivity index (χ1n) is 10.3. The van der Waals surface area contributed by atoms with E-state index >= 15 is 0 Å². The molecule has 32 heavy (non-hydrogen) atoms. The van der Waals surface area contributed by atoms with Gasteiger partial charge in [0.2, 0.25) is 5.91 Å². The highest BCUT2D eigenvalue weighted by Gasteiger charge is 2.35. The fourth-order valence-electron chi connectivity index (χ4n) is 3.75. The van der Waals surface area contributed by atoms with E-state index in [0.29, 0.717) is 17.7 Å². The molecule has 4 rings (SSSR count). The van der Waals surface area contributed by atoms with Crippen LogP contribution in [-0.2, 0) is 9.53 Å². The maximum Gasteiger partial charge on any atom is 0.338 e. The number of carbonyl (C=O) groups is 2. The van der Waals surface area contributed by atoms with E-state index in [0.717, 1.165) is 33.7 Å². The third-order valence-electron chi connectivity index (χ3n) is 5.34. The van der Waals surface area contributed by atoms with E-state index in [1.54, 1.807) is 35.2 Å². The molecule has 0 bridgehead atoms. The molecule has 1 fully saturated rings. The van der Waals surface area contributed by atoms with Crippen LogP contribution < -0.4 is 4.90 Å². The molecule has 7 heteroatoms. The molecule has 1 heterocycles. The number of hydrogen-bond donors (Lipinski definition) is 0. The summed E-state index contributed by atoms with van der Waals surface area (Å²) in [5.41, 5.74) is 3.88. The van der Waals surface area contributed by atoms with E-state index in [2.05, 4.69) is 0 Å². The Kier molecular flexibility index (Phi) is 6.86. The van der Waals surface area contributed by atoms with Crippen LogP contribution >= 0.6 is 24.0 Å². The standard InChI is InChI=1S/C25H22FNO3S2/c1-16-13-19(25(29)30-12-11-17-3-2-4-21(31)14-17)7-10-22(16)27-23(28)15-32-24(27)18-5-8-20(26)9-6-18/h2-3,5-10,13-14,24H,4,11-12,15H2,1H3. The smallest absolute Gasteiger partial charge is 0.338 e. The van der Waals surface area contributed by atoms with Gasteiger partial charge in [0, 0.05) is 23.4 Å². The Morgan fingerprint density at radius 1 is 1.25 bits per heavy atom. The van der Waals surface area contributed by atoms with Gasteiger partial charge in [0.25, 0.3) is 0 Å². The number of anilines is 1. The number of rotatable bonds is 6. The lowest BCUT2D eigenvalue weighted by Crippen LogP contribution is -2.28. The number of hydrogen-bond acceptors (Lipinski definition) is 5. The lowest BCUT2D eigenvalue weighted by atomic mass is 10.0. The first-order chi connectivity index (χ1) is 15.4. The zero-order valence-electron chi connectivity index (χ0n) is 17.5. The van der Waals surface area contributed by atoms with Crippen molar-refractivity contribution in [3.63, 3.8) is 0 Å². The number of aryl methyl sites for hydroxylation is 1. The normalized spacial score (nSPS) is 18.1. The SMILES string of the molecule is Cc1cc(C(=O)OCCC2=CC(=S)CC=C2)ccc1N1C(=O)CSC1c1ccc(F)cc1. The Hall–Kier alpha value is -2.77. The van der Waals surface area contributed by atoms with E-state index in [4.69, 9.17) is 17.0 Å². The number of amides is 1. The van der Waals surface area contributed by atoms with Crippen molar-refractivity contribution in [1.29, 1.82) is 0 Å². The Balaban J connectivity index is 1.45. The highest BCUT2D eigenvalue weighted by atomic mass is 32.2. The molecule has 1 aliphatic heterocycles.